The number of hydrogen-bond acceptors (Lipinski definition) is 4. The van der Waals surface area contributed by atoms with E-state index in [1.54, 1.807) is 0 Å². The second-order valence-corrected chi connectivity index (χ2v) is 7.01. The molecule has 4 heteroatoms. The Balaban J connectivity index is 1.87. The fraction of sp³-hybridized carbons (Fsp3) is 0.800. The third kappa shape index (κ3) is 4.32. The first-order chi connectivity index (χ1) is 8.83. The maximum atomic E-state index is 5.44. The average Bonchev–Trinajstić information content (AvgIpc) is 2.83. The summed E-state index contributed by atoms with van der Waals surface area (Å²) < 4.78 is 5.44. The molecule has 0 spiro atoms. The van der Waals surface area contributed by atoms with Crippen molar-refractivity contribution < 1.29 is 4.52 Å². The van der Waals surface area contributed by atoms with Gasteiger partial charge in [-0.3, -0.25) is 4.90 Å². The molecule has 1 aromatic rings. The lowest BCUT2D eigenvalue weighted by molar-refractivity contribution is 0.222. The molecule has 0 amide bonds. The number of hydrogen-bond donors (Lipinski definition) is 1. The van der Waals surface area contributed by atoms with E-state index in [2.05, 4.69) is 56.1 Å². The summed E-state index contributed by atoms with van der Waals surface area (Å²) >= 11 is 0. The summed E-state index contributed by atoms with van der Waals surface area (Å²) in [5, 5.41) is 7.57. The van der Waals surface area contributed by atoms with Crippen molar-refractivity contribution in [2.45, 2.75) is 65.7 Å². The lowest BCUT2D eigenvalue weighted by Gasteiger charge is -2.19. The van der Waals surface area contributed by atoms with Crippen molar-refractivity contribution in [1.29, 1.82) is 0 Å². The van der Waals surface area contributed by atoms with Crippen LogP contribution in [-0.4, -0.2) is 28.2 Å². The smallest absolute Gasteiger partial charge is 0.151 e. The Kier molecular flexibility index (Phi) is 4.31. The van der Waals surface area contributed by atoms with Gasteiger partial charge in [0.1, 0.15) is 0 Å². The molecule has 0 aliphatic carbocycles. The van der Waals surface area contributed by atoms with Crippen LogP contribution in [0.25, 0.3) is 0 Å². The van der Waals surface area contributed by atoms with Crippen LogP contribution < -0.4 is 5.32 Å². The summed E-state index contributed by atoms with van der Waals surface area (Å²) in [7, 11) is 0. The van der Waals surface area contributed by atoms with Crippen LogP contribution in [0.15, 0.2) is 10.6 Å². The summed E-state index contributed by atoms with van der Waals surface area (Å²) in [6, 6.07) is 2.73. The molecule has 2 atom stereocenters. The van der Waals surface area contributed by atoms with Crippen molar-refractivity contribution >= 4 is 0 Å². The number of nitrogens with one attached hydrogen (secondary N) is 1. The first-order valence-electron chi connectivity index (χ1n) is 7.27. The van der Waals surface area contributed by atoms with Gasteiger partial charge in [0.2, 0.25) is 0 Å². The Morgan fingerprint density at radius 2 is 2.16 bits per heavy atom. The molecule has 1 aromatic heterocycles. The van der Waals surface area contributed by atoms with Crippen molar-refractivity contribution in [1.82, 2.24) is 15.4 Å². The van der Waals surface area contributed by atoms with E-state index in [0.717, 1.165) is 37.0 Å². The second-order valence-electron chi connectivity index (χ2n) is 7.01. The molecule has 108 valence electrons. The first kappa shape index (κ1) is 14.5. The topological polar surface area (TPSA) is 41.3 Å². The molecule has 0 aromatic carbocycles. The zero-order valence-corrected chi connectivity index (χ0v) is 12.9. The zero-order chi connectivity index (χ0) is 14.0. The molecule has 1 saturated heterocycles. The van der Waals surface area contributed by atoms with Gasteiger partial charge in [-0.15, -0.1) is 0 Å². The van der Waals surface area contributed by atoms with Gasteiger partial charge in [-0.05, 0) is 40.0 Å². The number of likely N-dealkylation sites (tertiary alicyclic amines) is 1. The number of aromatic nitrogens is 1. The van der Waals surface area contributed by atoms with Gasteiger partial charge in [-0.2, -0.15) is 0 Å². The Hall–Kier alpha value is -0.870. The molecule has 2 rings (SSSR count). The van der Waals surface area contributed by atoms with Crippen LogP contribution in [-0.2, 0) is 13.1 Å². The van der Waals surface area contributed by atoms with Gasteiger partial charge in [0.05, 0.1) is 12.2 Å². The van der Waals surface area contributed by atoms with Gasteiger partial charge >= 0.3 is 0 Å². The number of rotatable bonds is 4. The highest BCUT2D eigenvalue weighted by molar-refractivity contribution is 5.06. The van der Waals surface area contributed by atoms with Crippen molar-refractivity contribution in [3.05, 3.63) is 17.5 Å². The highest BCUT2D eigenvalue weighted by Gasteiger charge is 2.26. The summed E-state index contributed by atoms with van der Waals surface area (Å²) in [5.41, 5.74) is 1.10. The normalized spacial score (nSPS) is 25.1. The number of nitrogens with zero attached hydrogens (tertiary/aromatic N) is 2. The predicted molar refractivity (Wildman–Crippen MR) is 76.7 cm³/mol. The van der Waals surface area contributed by atoms with Crippen molar-refractivity contribution in [3.63, 3.8) is 0 Å². The van der Waals surface area contributed by atoms with Crippen molar-refractivity contribution in [3.8, 4) is 0 Å². The minimum absolute atomic E-state index is 0.109. The van der Waals surface area contributed by atoms with E-state index in [9.17, 15) is 0 Å². The highest BCUT2D eigenvalue weighted by atomic mass is 16.5. The summed E-state index contributed by atoms with van der Waals surface area (Å²) in [4.78, 5) is 2.48. The molecule has 4 nitrogen and oxygen atoms in total. The molecule has 0 radical (unpaired) electrons. The molecule has 1 fully saturated rings. The summed E-state index contributed by atoms with van der Waals surface area (Å²) in [6.45, 7) is 13.9. The van der Waals surface area contributed by atoms with Crippen molar-refractivity contribution in [2.75, 3.05) is 6.54 Å². The van der Waals surface area contributed by atoms with E-state index in [1.807, 2.05) is 0 Å². The molecule has 1 aliphatic heterocycles. The fourth-order valence-corrected chi connectivity index (χ4v) is 2.68. The predicted octanol–water partition coefficient (Wildman–Crippen LogP) is 2.79. The van der Waals surface area contributed by atoms with E-state index >= 15 is 0 Å². The molecule has 0 saturated carbocycles. The monoisotopic (exact) mass is 265 g/mol. The summed E-state index contributed by atoms with van der Waals surface area (Å²) in [5.74, 6) is 1.77. The Bertz CT molecular complexity index is 408. The van der Waals surface area contributed by atoms with Crippen LogP contribution in [0, 0.1) is 5.92 Å². The van der Waals surface area contributed by atoms with E-state index in [1.165, 1.54) is 6.42 Å². The first-order valence-corrected chi connectivity index (χ1v) is 7.27. The fourth-order valence-electron chi connectivity index (χ4n) is 2.68. The van der Waals surface area contributed by atoms with Gasteiger partial charge in [0.25, 0.3) is 0 Å². The van der Waals surface area contributed by atoms with E-state index in [-0.39, 0.29) is 5.54 Å². The van der Waals surface area contributed by atoms with Gasteiger partial charge in [0.15, 0.2) is 5.76 Å². The SMILES string of the molecule is CC1CC(C)N(Cc2cc(CNC(C)(C)C)no2)C1. The molecular weight excluding hydrogens is 238 g/mol. The van der Waals surface area contributed by atoms with Gasteiger partial charge in [-0.1, -0.05) is 12.1 Å². The summed E-state index contributed by atoms with van der Waals surface area (Å²) in [6.07, 6.45) is 1.28. The molecular formula is C15H27N3O. The Morgan fingerprint density at radius 1 is 1.42 bits per heavy atom. The minimum atomic E-state index is 0.109. The maximum Gasteiger partial charge on any atom is 0.151 e. The van der Waals surface area contributed by atoms with E-state index in [0.29, 0.717) is 6.04 Å². The molecule has 0 bridgehead atoms. The molecule has 2 heterocycles. The van der Waals surface area contributed by atoms with Crippen LogP contribution >= 0.6 is 0 Å². The van der Waals surface area contributed by atoms with Gasteiger partial charge in [0, 0.05) is 30.7 Å². The lowest BCUT2D eigenvalue weighted by atomic mass is 10.1. The molecule has 19 heavy (non-hydrogen) atoms. The van der Waals surface area contributed by atoms with Gasteiger partial charge < -0.3 is 9.84 Å². The quantitative estimate of drug-likeness (QED) is 0.909. The highest BCUT2D eigenvalue weighted by Crippen LogP contribution is 2.24. The minimum Gasteiger partial charge on any atom is -0.360 e. The van der Waals surface area contributed by atoms with E-state index < -0.39 is 0 Å². The van der Waals surface area contributed by atoms with Crippen LogP contribution in [0.5, 0.6) is 0 Å². The second kappa shape index (κ2) is 5.63. The largest absolute Gasteiger partial charge is 0.360 e. The maximum absolute atomic E-state index is 5.44. The van der Waals surface area contributed by atoms with E-state index in [4.69, 9.17) is 4.52 Å². The Morgan fingerprint density at radius 3 is 2.74 bits per heavy atom. The Labute approximate surface area is 116 Å². The molecule has 2 unspecified atom stereocenters. The molecule has 1 aliphatic rings. The third-order valence-electron chi connectivity index (χ3n) is 3.68. The standard InChI is InChI=1S/C15H27N3O/c1-11-6-12(2)18(9-11)10-14-7-13(17-19-14)8-16-15(3,4)5/h7,11-12,16H,6,8-10H2,1-5H3. The van der Waals surface area contributed by atoms with Crippen molar-refractivity contribution in [2.24, 2.45) is 5.92 Å². The third-order valence-corrected chi connectivity index (χ3v) is 3.68. The van der Waals surface area contributed by atoms with Crippen LogP contribution in [0.4, 0.5) is 0 Å². The van der Waals surface area contributed by atoms with Crippen LogP contribution in [0.3, 0.4) is 0 Å². The van der Waals surface area contributed by atoms with Crippen LogP contribution in [0.2, 0.25) is 0 Å². The zero-order valence-electron chi connectivity index (χ0n) is 12.9. The lowest BCUT2D eigenvalue weighted by Crippen LogP contribution is -2.35. The van der Waals surface area contributed by atoms with Crippen LogP contribution in [0.1, 0.15) is 52.5 Å². The average molecular weight is 265 g/mol. The van der Waals surface area contributed by atoms with Gasteiger partial charge in [-0.25, -0.2) is 0 Å². The molecule has 1 N–H and O–H groups in total.